The van der Waals surface area contributed by atoms with Gasteiger partial charge in [0.2, 0.25) is 0 Å². The first kappa shape index (κ1) is 31.1. The number of hydrogen-bond donors (Lipinski definition) is 3. The summed E-state index contributed by atoms with van der Waals surface area (Å²) in [4.78, 5) is 0. The number of rotatable bonds is 9. The zero-order valence-electron chi connectivity index (χ0n) is 23.7. The lowest BCUT2D eigenvalue weighted by Crippen LogP contribution is -2.56. The van der Waals surface area contributed by atoms with Crippen LogP contribution in [0.1, 0.15) is 79.6 Å². The Hall–Kier alpha value is -0.820. The fourth-order valence-corrected chi connectivity index (χ4v) is 9.66. The van der Waals surface area contributed by atoms with Crippen LogP contribution in [0.5, 0.6) is 0 Å². The first-order valence-electron chi connectivity index (χ1n) is 14.3. The predicted molar refractivity (Wildman–Crippen MR) is 147 cm³/mol. The van der Waals surface area contributed by atoms with Crippen molar-refractivity contribution in [3.8, 4) is 0 Å². The first-order chi connectivity index (χ1) is 18.0. The van der Waals surface area contributed by atoms with E-state index in [9.17, 15) is 21.9 Å². The van der Waals surface area contributed by atoms with Gasteiger partial charge in [-0.05, 0) is 91.3 Å². The zero-order chi connectivity index (χ0) is 29.0. The molecule has 3 saturated carbocycles. The van der Waals surface area contributed by atoms with Gasteiger partial charge >= 0.3 is 20.8 Å². The van der Waals surface area contributed by atoms with Crippen LogP contribution < -0.4 is 0 Å². The number of hydrogen-bond acceptors (Lipinski definition) is 7. The molecule has 10 atom stereocenters. The van der Waals surface area contributed by atoms with E-state index >= 15 is 0 Å². The molecule has 0 aromatic heterocycles. The molecule has 11 heteroatoms. The molecule has 3 N–H and O–H groups in total. The zero-order valence-corrected chi connectivity index (χ0v) is 25.3. The van der Waals surface area contributed by atoms with Crippen LogP contribution in [-0.2, 0) is 29.2 Å². The summed E-state index contributed by atoms with van der Waals surface area (Å²) in [6.07, 6.45) is 10.9. The van der Waals surface area contributed by atoms with Crippen molar-refractivity contribution in [2.75, 3.05) is 6.61 Å². The SMILES string of the molecule is CC(C)C(C=CC(C)C1CCC2C3CC=C4CC(OS(=O)(=O)O)CCC4(C)C3CC(O)C12C)COS(=O)(=O)O. The van der Waals surface area contributed by atoms with Gasteiger partial charge in [-0.1, -0.05) is 58.4 Å². The Morgan fingerprint density at radius 2 is 1.72 bits per heavy atom. The maximum absolute atomic E-state index is 11.8. The molecule has 0 aliphatic heterocycles. The molecule has 0 aromatic rings. The molecule has 0 saturated heterocycles. The number of allylic oxidation sites excluding steroid dienone is 2. The fourth-order valence-electron chi connectivity index (χ4n) is 8.83. The van der Waals surface area contributed by atoms with Gasteiger partial charge in [-0.25, -0.2) is 8.37 Å². The van der Waals surface area contributed by atoms with Crippen molar-refractivity contribution in [2.24, 2.45) is 52.3 Å². The molecule has 39 heavy (non-hydrogen) atoms. The maximum Gasteiger partial charge on any atom is 0.397 e. The second-order valence-corrected chi connectivity index (χ2v) is 15.5. The van der Waals surface area contributed by atoms with E-state index in [2.05, 4.69) is 37.1 Å². The van der Waals surface area contributed by atoms with E-state index in [0.29, 0.717) is 37.0 Å². The van der Waals surface area contributed by atoms with Crippen molar-refractivity contribution < 1.29 is 39.4 Å². The Balaban J connectivity index is 1.51. The molecular formula is C28H46O9S2. The van der Waals surface area contributed by atoms with E-state index in [4.69, 9.17) is 13.3 Å². The number of fused-ring (bicyclic) bond motifs is 5. The van der Waals surface area contributed by atoms with Gasteiger partial charge in [0.25, 0.3) is 0 Å². The summed E-state index contributed by atoms with van der Waals surface area (Å²) in [6.45, 7) is 10.5. The smallest absolute Gasteiger partial charge is 0.393 e. The van der Waals surface area contributed by atoms with Crippen molar-refractivity contribution >= 4 is 20.8 Å². The molecule has 0 heterocycles. The maximum atomic E-state index is 11.8. The molecule has 4 aliphatic rings. The highest BCUT2D eigenvalue weighted by Crippen LogP contribution is 2.67. The molecule has 0 aromatic carbocycles. The summed E-state index contributed by atoms with van der Waals surface area (Å²) in [5, 5.41) is 11.8. The molecule has 10 unspecified atom stereocenters. The third-order valence-electron chi connectivity index (χ3n) is 11.1. The third kappa shape index (κ3) is 6.34. The van der Waals surface area contributed by atoms with Crippen molar-refractivity contribution in [1.82, 2.24) is 0 Å². The van der Waals surface area contributed by atoms with Gasteiger partial charge in [-0.2, -0.15) is 16.8 Å². The quantitative estimate of drug-likeness (QED) is 0.249. The average Bonchev–Trinajstić information content (AvgIpc) is 3.17. The molecule has 224 valence electrons. The van der Waals surface area contributed by atoms with Gasteiger partial charge in [0.1, 0.15) is 0 Å². The highest BCUT2D eigenvalue weighted by molar-refractivity contribution is 7.81. The average molecular weight is 591 g/mol. The van der Waals surface area contributed by atoms with E-state index in [1.165, 1.54) is 5.57 Å². The highest BCUT2D eigenvalue weighted by Gasteiger charge is 2.62. The molecule has 9 nitrogen and oxygen atoms in total. The molecule has 0 spiro atoms. The molecular weight excluding hydrogens is 544 g/mol. The molecule has 0 bridgehead atoms. The number of aliphatic hydroxyl groups excluding tert-OH is 1. The minimum atomic E-state index is -4.49. The van der Waals surface area contributed by atoms with Crippen molar-refractivity contribution in [2.45, 2.75) is 91.8 Å². The van der Waals surface area contributed by atoms with Crippen LogP contribution in [0.3, 0.4) is 0 Å². The summed E-state index contributed by atoms with van der Waals surface area (Å²) in [5.41, 5.74) is 0.832. The van der Waals surface area contributed by atoms with Crippen molar-refractivity contribution in [3.05, 3.63) is 23.8 Å². The van der Waals surface area contributed by atoms with E-state index in [1.807, 2.05) is 19.9 Å². The molecule has 3 fully saturated rings. The minimum absolute atomic E-state index is 0.111. The fraction of sp³-hybridized carbons (Fsp3) is 0.857. The third-order valence-corrected chi connectivity index (χ3v) is 12.0. The Morgan fingerprint density at radius 1 is 1.03 bits per heavy atom. The lowest BCUT2D eigenvalue weighted by molar-refractivity contribution is -0.133. The Labute approximate surface area is 234 Å². The van der Waals surface area contributed by atoms with Gasteiger partial charge in [-0.3, -0.25) is 9.11 Å². The van der Waals surface area contributed by atoms with Gasteiger partial charge in [-0.15, -0.1) is 0 Å². The Kier molecular flexibility index (Phi) is 8.87. The largest absolute Gasteiger partial charge is 0.397 e. The van der Waals surface area contributed by atoms with Gasteiger partial charge < -0.3 is 5.11 Å². The van der Waals surface area contributed by atoms with Crippen molar-refractivity contribution in [1.29, 1.82) is 0 Å². The number of aliphatic hydroxyl groups is 1. The first-order valence-corrected chi connectivity index (χ1v) is 17.0. The Morgan fingerprint density at radius 3 is 2.33 bits per heavy atom. The van der Waals surface area contributed by atoms with Gasteiger partial charge in [0, 0.05) is 5.92 Å². The van der Waals surface area contributed by atoms with E-state index in [-0.39, 0.29) is 41.1 Å². The molecule has 4 rings (SSSR count). The van der Waals surface area contributed by atoms with Crippen LogP contribution in [-0.4, -0.2) is 49.9 Å². The van der Waals surface area contributed by atoms with Crippen LogP contribution in [0.15, 0.2) is 23.8 Å². The summed E-state index contributed by atoms with van der Waals surface area (Å²) in [7, 11) is -8.98. The Bertz CT molecular complexity index is 1180. The predicted octanol–water partition coefficient (Wildman–Crippen LogP) is 5.01. The van der Waals surface area contributed by atoms with Crippen molar-refractivity contribution in [3.63, 3.8) is 0 Å². The standard InChI is InChI=1S/C28H46O9S2/c1-17(2)19(16-36-38(30,31)32)7-6-18(3)23-10-11-24-22-9-8-20-14-21(37-39(33,34)35)12-13-27(20,4)25(22)15-26(29)28(23,24)5/h6-8,17-19,21-26,29H,9-16H2,1-5H3,(H,30,31,32)(H,33,34,35). The summed E-state index contributed by atoms with van der Waals surface area (Å²) in [6, 6.07) is 0. The summed E-state index contributed by atoms with van der Waals surface area (Å²) in [5.74, 6) is 1.55. The highest BCUT2D eigenvalue weighted by atomic mass is 32.3. The van der Waals surface area contributed by atoms with Crippen LogP contribution >= 0.6 is 0 Å². The van der Waals surface area contributed by atoms with Crippen LogP contribution in [0.4, 0.5) is 0 Å². The van der Waals surface area contributed by atoms with Crippen LogP contribution in [0.2, 0.25) is 0 Å². The topological polar surface area (TPSA) is 147 Å². The monoisotopic (exact) mass is 590 g/mol. The molecule has 0 radical (unpaired) electrons. The van der Waals surface area contributed by atoms with Crippen LogP contribution in [0.25, 0.3) is 0 Å². The molecule has 4 aliphatic carbocycles. The van der Waals surface area contributed by atoms with E-state index < -0.39 is 33.0 Å². The van der Waals surface area contributed by atoms with E-state index in [1.54, 1.807) is 0 Å². The molecule has 0 amide bonds. The second kappa shape index (κ2) is 11.1. The van der Waals surface area contributed by atoms with Gasteiger partial charge in [0.15, 0.2) is 0 Å². The summed E-state index contributed by atoms with van der Waals surface area (Å²) < 4.78 is 72.4. The normalized spacial score (nSPS) is 40.6. The van der Waals surface area contributed by atoms with E-state index in [0.717, 1.165) is 25.7 Å². The second-order valence-electron chi connectivity index (χ2n) is 13.3. The summed E-state index contributed by atoms with van der Waals surface area (Å²) >= 11 is 0. The lowest BCUT2D eigenvalue weighted by atomic mass is 9.46. The minimum Gasteiger partial charge on any atom is -0.393 e. The van der Waals surface area contributed by atoms with Gasteiger partial charge in [0.05, 0.1) is 18.8 Å². The lowest BCUT2D eigenvalue weighted by Gasteiger charge is -2.60. The van der Waals surface area contributed by atoms with Crippen LogP contribution in [0, 0.1) is 52.3 Å².